The molecule has 24 heavy (non-hydrogen) atoms. The Morgan fingerprint density at radius 3 is 3.04 bits per heavy atom. The van der Waals surface area contributed by atoms with Crippen molar-refractivity contribution in [3.8, 4) is 0 Å². The van der Waals surface area contributed by atoms with Gasteiger partial charge in [-0.25, -0.2) is 0 Å². The van der Waals surface area contributed by atoms with E-state index in [1.54, 1.807) is 36.4 Å². The van der Waals surface area contributed by atoms with Crippen molar-refractivity contribution in [1.82, 2.24) is 15.2 Å². The second-order valence-electron chi connectivity index (χ2n) is 5.55. The summed E-state index contributed by atoms with van der Waals surface area (Å²) in [6.07, 6.45) is 3.12. The molecule has 0 aliphatic carbocycles. The van der Waals surface area contributed by atoms with Gasteiger partial charge in [0, 0.05) is 32.9 Å². The molecule has 7 nitrogen and oxygen atoms in total. The van der Waals surface area contributed by atoms with Crippen LogP contribution >= 0.6 is 0 Å². The van der Waals surface area contributed by atoms with Crippen LogP contribution in [0.25, 0.3) is 0 Å². The average molecular weight is 329 g/mol. The zero-order chi connectivity index (χ0) is 16.9. The molecule has 0 saturated carbocycles. The number of fused-ring (bicyclic) bond motifs is 1. The van der Waals surface area contributed by atoms with Gasteiger partial charge in [-0.3, -0.25) is 14.6 Å². The van der Waals surface area contributed by atoms with E-state index in [-0.39, 0.29) is 24.1 Å². The molecular weight excluding hydrogens is 310 g/mol. The number of amides is 2. The number of carbonyl (C=O) groups is 2. The van der Waals surface area contributed by atoms with Gasteiger partial charge < -0.3 is 19.4 Å². The molecule has 3 heterocycles. The van der Waals surface area contributed by atoms with E-state index in [1.165, 1.54) is 6.26 Å². The van der Waals surface area contributed by atoms with Crippen molar-refractivity contribution in [2.75, 3.05) is 26.8 Å². The zero-order valence-electron chi connectivity index (χ0n) is 13.4. The van der Waals surface area contributed by atoms with Crippen LogP contribution in [-0.4, -0.2) is 48.5 Å². The number of methoxy groups -OCH3 is 1. The van der Waals surface area contributed by atoms with Crippen LogP contribution in [0.5, 0.6) is 0 Å². The second kappa shape index (κ2) is 7.27. The largest absolute Gasteiger partial charge is 0.459 e. The van der Waals surface area contributed by atoms with Gasteiger partial charge in [0.25, 0.3) is 5.91 Å². The summed E-state index contributed by atoms with van der Waals surface area (Å²) in [5, 5.41) is 2.82. The van der Waals surface area contributed by atoms with Crippen molar-refractivity contribution in [2.24, 2.45) is 0 Å². The number of nitrogens with one attached hydrogen (secondary N) is 1. The first-order valence-electron chi connectivity index (χ1n) is 7.74. The summed E-state index contributed by atoms with van der Waals surface area (Å²) in [6.45, 7) is 1.52. The standard InChI is InChI=1S/C17H19N3O4/c1-23-9-7-19-16(21)13-11-20(17(22)14-5-3-8-24-14)10-12-4-2-6-18-15(12)13/h2-6,8,13H,7,9-11H2,1H3,(H,19,21). The summed E-state index contributed by atoms with van der Waals surface area (Å²) < 4.78 is 10.1. The summed E-state index contributed by atoms with van der Waals surface area (Å²) in [7, 11) is 1.58. The van der Waals surface area contributed by atoms with Crippen LogP contribution in [0.3, 0.4) is 0 Å². The SMILES string of the molecule is COCCNC(=O)C1CN(C(=O)c2ccco2)Cc2cccnc21. The molecule has 1 aliphatic rings. The first kappa shape index (κ1) is 16.2. The second-order valence-corrected chi connectivity index (χ2v) is 5.55. The summed E-state index contributed by atoms with van der Waals surface area (Å²) in [6, 6.07) is 6.98. The Bertz CT molecular complexity index is 714. The minimum Gasteiger partial charge on any atom is -0.459 e. The van der Waals surface area contributed by atoms with Crippen LogP contribution in [0.2, 0.25) is 0 Å². The Balaban J connectivity index is 1.82. The van der Waals surface area contributed by atoms with E-state index in [4.69, 9.17) is 9.15 Å². The number of pyridine rings is 1. The minimum absolute atomic E-state index is 0.163. The van der Waals surface area contributed by atoms with Crippen LogP contribution in [0, 0.1) is 0 Å². The molecule has 7 heteroatoms. The van der Waals surface area contributed by atoms with E-state index >= 15 is 0 Å². The van der Waals surface area contributed by atoms with Crippen molar-refractivity contribution in [1.29, 1.82) is 0 Å². The quantitative estimate of drug-likeness (QED) is 0.833. The third-order valence-electron chi connectivity index (χ3n) is 3.96. The molecule has 1 atom stereocenters. The number of rotatable bonds is 5. The maximum absolute atomic E-state index is 12.6. The molecule has 2 aromatic heterocycles. The molecule has 2 aromatic rings. The topological polar surface area (TPSA) is 84.7 Å². The van der Waals surface area contributed by atoms with E-state index in [9.17, 15) is 9.59 Å². The van der Waals surface area contributed by atoms with Crippen molar-refractivity contribution < 1.29 is 18.7 Å². The van der Waals surface area contributed by atoms with Gasteiger partial charge in [-0.05, 0) is 23.8 Å². The van der Waals surface area contributed by atoms with Crippen LogP contribution in [0.15, 0.2) is 41.1 Å². The molecule has 3 rings (SSSR count). The van der Waals surface area contributed by atoms with Gasteiger partial charge in [-0.2, -0.15) is 0 Å². The summed E-state index contributed by atoms with van der Waals surface area (Å²) in [5.74, 6) is -0.639. The molecule has 1 unspecified atom stereocenters. The lowest BCUT2D eigenvalue weighted by Gasteiger charge is -2.32. The van der Waals surface area contributed by atoms with Crippen LogP contribution < -0.4 is 5.32 Å². The number of ether oxygens (including phenoxy) is 1. The first-order chi connectivity index (χ1) is 11.7. The molecule has 1 aliphatic heterocycles. The molecular formula is C17H19N3O4. The lowest BCUT2D eigenvalue weighted by Crippen LogP contribution is -2.44. The van der Waals surface area contributed by atoms with E-state index in [1.807, 2.05) is 6.07 Å². The normalized spacial score (nSPS) is 16.5. The summed E-state index contributed by atoms with van der Waals surface area (Å²) >= 11 is 0. The van der Waals surface area contributed by atoms with E-state index < -0.39 is 5.92 Å². The fourth-order valence-electron chi connectivity index (χ4n) is 2.79. The third kappa shape index (κ3) is 3.30. The van der Waals surface area contributed by atoms with Crippen LogP contribution in [-0.2, 0) is 16.1 Å². The molecule has 0 spiro atoms. The van der Waals surface area contributed by atoms with E-state index in [0.29, 0.717) is 19.7 Å². The predicted octanol–water partition coefficient (Wildman–Crippen LogP) is 1.18. The zero-order valence-corrected chi connectivity index (χ0v) is 13.4. The maximum atomic E-state index is 12.6. The highest BCUT2D eigenvalue weighted by Crippen LogP contribution is 2.27. The number of aromatic nitrogens is 1. The fourth-order valence-corrected chi connectivity index (χ4v) is 2.79. The van der Waals surface area contributed by atoms with Gasteiger partial charge in [0.2, 0.25) is 5.91 Å². The minimum atomic E-state index is -0.509. The number of furan rings is 1. The molecule has 0 saturated heterocycles. The highest BCUT2D eigenvalue weighted by molar-refractivity contribution is 5.93. The predicted molar refractivity (Wildman–Crippen MR) is 85.3 cm³/mol. The molecule has 2 amide bonds. The van der Waals surface area contributed by atoms with Gasteiger partial charge in [0.05, 0.1) is 24.5 Å². The van der Waals surface area contributed by atoms with Gasteiger partial charge in [0.1, 0.15) is 0 Å². The molecule has 0 bridgehead atoms. The van der Waals surface area contributed by atoms with E-state index in [0.717, 1.165) is 11.3 Å². The Kier molecular flexibility index (Phi) is 4.90. The van der Waals surface area contributed by atoms with Gasteiger partial charge in [-0.1, -0.05) is 6.07 Å². The summed E-state index contributed by atoms with van der Waals surface area (Å²) in [5.41, 5.74) is 1.59. The van der Waals surface area contributed by atoms with Crippen LogP contribution in [0.4, 0.5) is 0 Å². The maximum Gasteiger partial charge on any atom is 0.289 e. The average Bonchev–Trinajstić information content (AvgIpc) is 3.15. The lowest BCUT2D eigenvalue weighted by molar-refractivity contribution is -0.123. The molecule has 0 radical (unpaired) electrons. The Labute approximate surface area is 139 Å². The smallest absolute Gasteiger partial charge is 0.289 e. The van der Waals surface area contributed by atoms with Gasteiger partial charge in [-0.15, -0.1) is 0 Å². The van der Waals surface area contributed by atoms with Gasteiger partial charge >= 0.3 is 0 Å². The van der Waals surface area contributed by atoms with Gasteiger partial charge in [0.15, 0.2) is 5.76 Å². The Hall–Kier alpha value is -2.67. The number of hydrogen-bond acceptors (Lipinski definition) is 5. The van der Waals surface area contributed by atoms with Crippen molar-refractivity contribution in [3.63, 3.8) is 0 Å². The van der Waals surface area contributed by atoms with E-state index in [2.05, 4.69) is 10.3 Å². The molecule has 126 valence electrons. The third-order valence-corrected chi connectivity index (χ3v) is 3.96. The molecule has 1 N–H and O–H groups in total. The van der Waals surface area contributed by atoms with Crippen molar-refractivity contribution >= 4 is 11.8 Å². The fraction of sp³-hybridized carbons (Fsp3) is 0.353. The highest BCUT2D eigenvalue weighted by Gasteiger charge is 2.34. The lowest BCUT2D eigenvalue weighted by atomic mass is 9.93. The summed E-state index contributed by atoms with van der Waals surface area (Å²) in [4.78, 5) is 31.0. The number of hydrogen-bond donors (Lipinski definition) is 1. The van der Waals surface area contributed by atoms with Crippen molar-refractivity contribution in [3.05, 3.63) is 53.7 Å². The Morgan fingerprint density at radius 2 is 2.29 bits per heavy atom. The Morgan fingerprint density at radius 1 is 1.42 bits per heavy atom. The number of carbonyl (C=O) groups excluding carboxylic acids is 2. The highest BCUT2D eigenvalue weighted by atomic mass is 16.5. The molecule has 0 aromatic carbocycles. The first-order valence-corrected chi connectivity index (χ1v) is 7.74. The number of nitrogens with zero attached hydrogens (tertiary/aromatic N) is 2. The van der Waals surface area contributed by atoms with Crippen LogP contribution in [0.1, 0.15) is 27.7 Å². The van der Waals surface area contributed by atoms with Crippen molar-refractivity contribution in [2.45, 2.75) is 12.5 Å². The monoisotopic (exact) mass is 329 g/mol. The molecule has 0 fully saturated rings.